The fraction of sp³-hybridized carbons (Fsp3) is 0.250. The predicted molar refractivity (Wildman–Crippen MR) is 131 cm³/mol. The van der Waals surface area contributed by atoms with Crippen LogP contribution in [0.2, 0.25) is 5.02 Å². The van der Waals surface area contributed by atoms with Crippen molar-refractivity contribution < 1.29 is 18.3 Å². The summed E-state index contributed by atoms with van der Waals surface area (Å²) in [5.74, 6) is -1.28. The van der Waals surface area contributed by atoms with E-state index in [4.69, 9.17) is 11.6 Å². The summed E-state index contributed by atoms with van der Waals surface area (Å²) in [5.41, 5.74) is 3.69. The topological polar surface area (TPSA) is 109 Å². The molecule has 2 unspecified atom stereocenters. The Bertz CT molecular complexity index is 1490. The number of halogens is 1. The number of benzene rings is 1. The number of aliphatic carboxylic acids is 1. The van der Waals surface area contributed by atoms with E-state index in [1.54, 1.807) is 37.5 Å². The minimum Gasteiger partial charge on any atom is -0.480 e. The molecule has 176 valence electrons. The first-order valence-corrected chi connectivity index (χ1v) is 13.1. The zero-order chi connectivity index (χ0) is 24.4. The number of carbonyl (C=O) groups is 1. The Morgan fingerprint density at radius 3 is 2.59 bits per heavy atom. The van der Waals surface area contributed by atoms with E-state index in [1.807, 2.05) is 23.2 Å². The minimum atomic E-state index is -3.42. The third-order valence-corrected chi connectivity index (χ3v) is 7.43. The summed E-state index contributed by atoms with van der Waals surface area (Å²) in [5, 5.41) is 13.5. The molecule has 1 aliphatic carbocycles. The van der Waals surface area contributed by atoms with Gasteiger partial charge >= 0.3 is 5.97 Å². The normalized spacial score (nSPS) is 21.2. The number of anilines is 1. The van der Waals surface area contributed by atoms with Crippen LogP contribution in [0, 0.1) is 0 Å². The molecule has 0 spiro atoms. The third kappa shape index (κ3) is 3.74. The first-order chi connectivity index (χ1) is 16.0. The zero-order valence-corrected chi connectivity index (χ0v) is 20.0. The molecule has 0 fully saturated rings. The highest BCUT2D eigenvalue weighted by molar-refractivity contribution is 7.91. The van der Waals surface area contributed by atoms with E-state index in [0.717, 1.165) is 23.1 Å². The molecule has 3 heterocycles. The number of aromatic nitrogens is 1. The summed E-state index contributed by atoms with van der Waals surface area (Å²) in [6.07, 6.45) is 6.68. The number of aryl methyl sites for hydroxylation is 1. The summed E-state index contributed by atoms with van der Waals surface area (Å²) in [6.45, 7) is 0. The van der Waals surface area contributed by atoms with Crippen LogP contribution >= 0.6 is 11.6 Å². The standard InChI is InChI=1S/C24H22ClN3O5S/c1-27-8-7-17-14(12-34(2,32)33)9-13-11-28(16-5-3-15(25)4-6-16)19-10-18(24(30)31)26-22(20(13)19)21(17)23(27)29/h3-9,11,18-19,26H,10,12H2,1-2H3,(H,30,31). The Balaban J connectivity index is 1.80. The molecule has 10 heteroatoms. The Morgan fingerprint density at radius 2 is 1.94 bits per heavy atom. The lowest BCUT2D eigenvalue weighted by atomic mass is 9.88. The largest absolute Gasteiger partial charge is 0.480 e. The second-order valence-corrected chi connectivity index (χ2v) is 11.4. The molecular weight excluding hydrogens is 478 g/mol. The van der Waals surface area contributed by atoms with Crippen LogP contribution in [0.5, 0.6) is 0 Å². The Labute approximate surface area is 201 Å². The molecule has 34 heavy (non-hydrogen) atoms. The number of nitrogens with one attached hydrogen (secondary N) is 1. The van der Waals surface area contributed by atoms with Crippen molar-refractivity contribution in [3.63, 3.8) is 0 Å². The van der Waals surface area contributed by atoms with Crippen molar-refractivity contribution in [2.45, 2.75) is 18.5 Å². The zero-order valence-electron chi connectivity index (χ0n) is 18.4. The van der Waals surface area contributed by atoms with E-state index in [1.165, 1.54) is 4.57 Å². The van der Waals surface area contributed by atoms with Crippen molar-refractivity contribution in [2.75, 3.05) is 16.9 Å². The third-order valence-electron chi connectivity index (χ3n) is 6.34. The monoisotopic (exact) mass is 499 g/mol. The number of sulfone groups is 1. The number of carboxylic acid groups (broad SMARTS) is 1. The molecule has 0 radical (unpaired) electrons. The molecule has 0 saturated heterocycles. The number of pyridine rings is 1. The fourth-order valence-electron chi connectivity index (χ4n) is 4.87. The molecule has 1 aromatic heterocycles. The maximum atomic E-state index is 13.3. The summed E-state index contributed by atoms with van der Waals surface area (Å²) < 4.78 is 26.0. The number of allylic oxidation sites excluding steroid dienone is 1. The van der Waals surface area contributed by atoms with Crippen LogP contribution in [0.25, 0.3) is 11.3 Å². The Hall–Kier alpha value is -3.30. The SMILES string of the molecule is Cn1ccc2c(c1=O)C1=C3C(=CN(c4ccc(Cl)cc4)C3CC(C(=O)O)N1)C=C2CS(C)(=O)=O. The number of hydrogen-bond acceptors (Lipinski definition) is 6. The molecule has 2 atom stereocenters. The molecule has 2 aliphatic heterocycles. The van der Waals surface area contributed by atoms with Crippen LogP contribution < -0.4 is 15.8 Å². The Morgan fingerprint density at radius 1 is 1.24 bits per heavy atom. The highest BCUT2D eigenvalue weighted by Crippen LogP contribution is 2.45. The molecule has 0 bridgehead atoms. The van der Waals surface area contributed by atoms with Gasteiger partial charge in [-0.15, -0.1) is 0 Å². The van der Waals surface area contributed by atoms with Gasteiger partial charge in [0.05, 0.1) is 23.1 Å². The smallest absolute Gasteiger partial charge is 0.326 e. The van der Waals surface area contributed by atoms with Gasteiger partial charge < -0.3 is 19.9 Å². The number of hydrogen-bond donors (Lipinski definition) is 2. The lowest BCUT2D eigenvalue weighted by molar-refractivity contribution is -0.139. The average Bonchev–Trinajstić information content (AvgIpc) is 3.06. The van der Waals surface area contributed by atoms with Crippen molar-refractivity contribution >= 4 is 44.4 Å². The summed E-state index contributed by atoms with van der Waals surface area (Å²) in [7, 11) is -1.81. The lowest BCUT2D eigenvalue weighted by Gasteiger charge is -2.35. The second-order valence-electron chi connectivity index (χ2n) is 8.80. The van der Waals surface area contributed by atoms with Gasteiger partial charge in [-0.05, 0) is 53.1 Å². The average molecular weight is 500 g/mol. The van der Waals surface area contributed by atoms with Gasteiger partial charge in [0, 0.05) is 48.4 Å². The van der Waals surface area contributed by atoms with Gasteiger partial charge in [0.2, 0.25) is 0 Å². The maximum Gasteiger partial charge on any atom is 0.326 e. The van der Waals surface area contributed by atoms with Gasteiger partial charge in [0.25, 0.3) is 5.56 Å². The van der Waals surface area contributed by atoms with Gasteiger partial charge in [-0.3, -0.25) is 4.79 Å². The fourth-order valence-corrected chi connectivity index (χ4v) is 5.80. The van der Waals surface area contributed by atoms with E-state index in [0.29, 0.717) is 21.9 Å². The molecule has 3 aliphatic rings. The summed E-state index contributed by atoms with van der Waals surface area (Å²) in [4.78, 5) is 27.4. The number of rotatable bonds is 4. The van der Waals surface area contributed by atoms with Gasteiger partial charge in [0.1, 0.15) is 6.04 Å². The van der Waals surface area contributed by atoms with E-state index in [-0.39, 0.29) is 29.3 Å². The van der Waals surface area contributed by atoms with E-state index >= 15 is 0 Å². The van der Waals surface area contributed by atoms with Crippen LogP contribution in [0.15, 0.2) is 64.7 Å². The quantitative estimate of drug-likeness (QED) is 0.665. The first-order valence-electron chi connectivity index (χ1n) is 10.6. The number of nitrogens with zero attached hydrogens (tertiary/aromatic N) is 2. The van der Waals surface area contributed by atoms with Crippen molar-refractivity contribution in [1.29, 1.82) is 0 Å². The van der Waals surface area contributed by atoms with Crippen LogP contribution in [0.1, 0.15) is 17.5 Å². The van der Waals surface area contributed by atoms with Gasteiger partial charge in [0.15, 0.2) is 9.84 Å². The molecular formula is C24H22ClN3O5S. The van der Waals surface area contributed by atoms with Crippen molar-refractivity contribution in [3.05, 3.63) is 86.5 Å². The second kappa shape index (κ2) is 7.89. The van der Waals surface area contributed by atoms with Crippen LogP contribution in [0.4, 0.5) is 5.69 Å². The van der Waals surface area contributed by atoms with Gasteiger partial charge in [-0.2, -0.15) is 0 Å². The van der Waals surface area contributed by atoms with Gasteiger partial charge in [-0.1, -0.05) is 11.6 Å². The first kappa shape index (κ1) is 22.5. The van der Waals surface area contributed by atoms with Crippen molar-refractivity contribution in [2.24, 2.45) is 7.05 Å². The van der Waals surface area contributed by atoms with E-state index in [9.17, 15) is 23.1 Å². The van der Waals surface area contributed by atoms with Crippen LogP contribution in [-0.2, 0) is 21.7 Å². The van der Waals surface area contributed by atoms with Gasteiger partial charge in [-0.25, -0.2) is 13.2 Å². The Kier molecular flexibility index (Phi) is 5.22. The highest BCUT2D eigenvalue weighted by Gasteiger charge is 2.43. The van der Waals surface area contributed by atoms with Crippen LogP contribution in [0.3, 0.4) is 0 Å². The molecule has 0 saturated carbocycles. The van der Waals surface area contributed by atoms with Crippen molar-refractivity contribution in [1.82, 2.24) is 9.88 Å². The number of fused-ring (bicyclic) bond motifs is 2. The summed E-state index contributed by atoms with van der Waals surface area (Å²) in [6, 6.07) is 7.62. The minimum absolute atomic E-state index is 0.251. The summed E-state index contributed by atoms with van der Waals surface area (Å²) >= 11 is 6.07. The molecule has 2 aromatic rings. The predicted octanol–water partition coefficient (Wildman–Crippen LogP) is 2.41. The van der Waals surface area contributed by atoms with Crippen LogP contribution in [-0.4, -0.2) is 48.2 Å². The highest BCUT2D eigenvalue weighted by atomic mass is 35.5. The molecule has 1 aromatic carbocycles. The lowest BCUT2D eigenvalue weighted by Crippen LogP contribution is -2.47. The van der Waals surface area contributed by atoms with Crippen molar-refractivity contribution in [3.8, 4) is 0 Å². The molecule has 8 nitrogen and oxygen atoms in total. The molecule has 5 rings (SSSR count). The molecule has 0 amide bonds. The maximum absolute atomic E-state index is 13.3. The molecule has 2 N–H and O–H groups in total. The van der Waals surface area contributed by atoms with E-state index in [2.05, 4.69) is 5.32 Å². The number of carboxylic acids is 1. The van der Waals surface area contributed by atoms with E-state index < -0.39 is 21.8 Å².